The molecule has 0 radical (unpaired) electrons. The number of nitrogens with one attached hydrogen (secondary N) is 1. The monoisotopic (exact) mass is 314 g/mol. The van der Waals surface area contributed by atoms with Gasteiger partial charge in [0.05, 0.1) is 0 Å². The Hall–Kier alpha value is -2.14. The Kier molecular flexibility index (Phi) is 4.53. The normalized spacial score (nSPS) is 13.5. The molecule has 5 heteroatoms. The van der Waals surface area contributed by atoms with Gasteiger partial charge in [0.15, 0.2) is 0 Å². The number of carbonyl (C=O) groups excluding carboxylic acids is 2. The van der Waals surface area contributed by atoms with Gasteiger partial charge in [0, 0.05) is 36.1 Å². The lowest BCUT2D eigenvalue weighted by atomic mass is 10.0. The molecule has 22 heavy (non-hydrogen) atoms. The molecule has 3 rings (SSSR count). The highest BCUT2D eigenvalue weighted by atomic mass is 32.1. The molecule has 0 unspecified atom stereocenters. The SMILES string of the molecule is O=C(NCCC(=O)N1CCCc2ccccc21)c1ccsc1. The van der Waals surface area contributed by atoms with Crippen molar-refractivity contribution in [2.45, 2.75) is 19.3 Å². The van der Waals surface area contributed by atoms with Crippen LogP contribution in [0.15, 0.2) is 41.1 Å². The van der Waals surface area contributed by atoms with Crippen molar-refractivity contribution in [2.75, 3.05) is 18.0 Å². The Bertz CT molecular complexity index is 667. The van der Waals surface area contributed by atoms with Crippen LogP contribution in [0.1, 0.15) is 28.8 Å². The second kappa shape index (κ2) is 6.75. The van der Waals surface area contributed by atoms with Gasteiger partial charge in [-0.2, -0.15) is 11.3 Å². The Balaban J connectivity index is 1.56. The van der Waals surface area contributed by atoms with Crippen LogP contribution < -0.4 is 10.2 Å². The van der Waals surface area contributed by atoms with Crippen molar-refractivity contribution in [1.29, 1.82) is 0 Å². The molecular formula is C17H18N2O2S. The summed E-state index contributed by atoms with van der Waals surface area (Å²) in [5, 5.41) is 6.47. The van der Waals surface area contributed by atoms with E-state index in [1.54, 1.807) is 11.4 Å². The largest absolute Gasteiger partial charge is 0.351 e. The van der Waals surface area contributed by atoms with E-state index in [1.807, 2.05) is 28.5 Å². The highest BCUT2D eigenvalue weighted by molar-refractivity contribution is 7.08. The topological polar surface area (TPSA) is 49.4 Å². The lowest BCUT2D eigenvalue weighted by molar-refractivity contribution is -0.118. The predicted molar refractivity (Wildman–Crippen MR) is 88.4 cm³/mol. The minimum absolute atomic E-state index is 0.0674. The number of carbonyl (C=O) groups is 2. The van der Waals surface area contributed by atoms with E-state index in [4.69, 9.17) is 0 Å². The van der Waals surface area contributed by atoms with Crippen LogP contribution in [-0.2, 0) is 11.2 Å². The molecule has 0 atom stereocenters. The molecule has 0 fully saturated rings. The van der Waals surface area contributed by atoms with E-state index < -0.39 is 0 Å². The second-order valence-corrected chi connectivity index (χ2v) is 6.08. The van der Waals surface area contributed by atoms with E-state index in [2.05, 4.69) is 11.4 Å². The van der Waals surface area contributed by atoms with Crippen LogP contribution in [0.25, 0.3) is 0 Å². The van der Waals surface area contributed by atoms with Gasteiger partial charge in [-0.05, 0) is 35.9 Å². The van der Waals surface area contributed by atoms with Crippen LogP contribution in [0.3, 0.4) is 0 Å². The van der Waals surface area contributed by atoms with Gasteiger partial charge in [-0.15, -0.1) is 0 Å². The molecule has 2 aromatic rings. The van der Waals surface area contributed by atoms with E-state index >= 15 is 0 Å². The summed E-state index contributed by atoms with van der Waals surface area (Å²) in [6.07, 6.45) is 2.34. The van der Waals surface area contributed by atoms with Gasteiger partial charge < -0.3 is 10.2 Å². The van der Waals surface area contributed by atoms with Gasteiger partial charge in [-0.25, -0.2) is 0 Å². The van der Waals surface area contributed by atoms with Crippen molar-refractivity contribution < 1.29 is 9.59 Å². The third-order valence-electron chi connectivity index (χ3n) is 3.82. The number of rotatable bonds is 4. The molecule has 2 heterocycles. The average Bonchev–Trinajstić information content (AvgIpc) is 3.08. The van der Waals surface area contributed by atoms with Crippen LogP contribution in [0.5, 0.6) is 0 Å². The Morgan fingerprint density at radius 2 is 2.09 bits per heavy atom. The number of aryl methyl sites for hydroxylation is 1. The van der Waals surface area contributed by atoms with Crippen molar-refractivity contribution in [3.63, 3.8) is 0 Å². The van der Waals surface area contributed by atoms with Crippen molar-refractivity contribution in [3.05, 3.63) is 52.2 Å². The van der Waals surface area contributed by atoms with Gasteiger partial charge in [-0.1, -0.05) is 18.2 Å². The summed E-state index contributed by atoms with van der Waals surface area (Å²) < 4.78 is 0. The van der Waals surface area contributed by atoms with Gasteiger partial charge in [0.1, 0.15) is 0 Å². The third-order valence-corrected chi connectivity index (χ3v) is 4.50. The number of benzene rings is 1. The van der Waals surface area contributed by atoms with E-state index in [0.717, 1.165) is 25.1 Å². The molecule has 1 aromatic carbocycles. The molecule has 0 spiro atoms. The number of nitrogens with zero attached hydrogens (tertiary/aromatic N) is 1. The number of hydrogen-bond acceptors (Lipinski definition) is 3. The molecule has 114 valence electrons. The lowest BCUT2D eigenvalue weighted by Gasteiger charge is -2.29. The summed E-state index contributed by atoms with van der Waals surface area (Å²) >= 11 is 1.49. The highest BCUT2D eigenvalue weighted by Crippen LogP contribution is 2.26. The predicted octanol–water partition coefficient (Wildman–Crippen LogP) is 2.85. The first-order valence-corrected chi connectivity index (χ1v) is 8.38. The van der Waals surface area contributed by atoms with Crippen molar-refractivity contribution >= 4 is 28.8 Å². The summed E-state index contributed by atoms with van der Waals surface area (Å²) in [4.78, 5) is 26.1. The molecule has 1 aliphatic heterocycles. The van der Waals surface area contributed by atoms with Crippen molar-refractivity contribution in [1.82, 2.24) is 5.32 Å². The number of anilines is 1. The van der Waals surface area contributed by atoms with Crippen LogP contribution in [0.2, 0.25) is 0 Å². The zero-order valence-corrected chi connectivity index (χ0v) is 13.1. The maximum atomic E-state index is 12.4. The third kappa shape index (κ3) is 3.20. The molecule has 0 bridgehead atoms. The fraction of sp³-hybridized carbons (Fsp3) is 0.294. The summed E-state index contributed by atoms with van der Waals surface area (Å²) in [6, 6.07) is 9.82. The molecule has 2 amide bonds. The van der Waals surface area contributed by atoms with E-state index in [9.17, 15) is 9.59 Å². The lowest BCUT2D eigenvalue weighted by Crippen LogP contribution is -2.37. The van der Waals surface area contributed by atoms with Crippen LogP contribution >= 0.6 is 11.3 Å². The molecule has 1 aliphatic rings. The molecular weight excluding hydrogens is 296 g/mol. The number of fused-ring (bicyclic) bond motifs is 1. The Morgan fingerprint density at radius 1 is 1.23 bits per heavy atom. The summed E-state index contributed by atoms with van der Waals surface area (Å²) in [5.41, 5.74) is 2.90. The van der Waals surface area contributed by atoms with E-state index in [-0.39, 0.29) is 11.8 Å². The molecule has 0 saturated carbocycles. The van der Waals surface area contributed by atoms with Gasteiger partial charge in [0.2, 0.25) is 5.91 Å². The number of para-hydroxylation sites is 1. The molecule has 0 aliphatic carbocycles. The van der Waals surface area contributed by atoms with E-state index in [1.165, 1.54) is 16.9 Å². The highest BCUT2D eigenvalue weighted by Gasteiger charge is 2.21. The fourth-order valence-electron chi connectivity index (χ4n) is 2.71. The van der Waals surface area contributed by atoms with Crippen molar-refractivity contribution in [3.8, 4) is 0 Å². The first-order valence-electron chi connectivity index (χ1n) is 7.44. The second-order valence-electron chi connectivity index (χ2n) is 5.30. The fourth-order valence-corrected chi connectivity index (χ4v) is 3.34. The van der Waals surface area contributed by atoms with Gasteiger partial charge in [-0.3, -0.25) is 9.59 Å². The Morgan fingerprint density at radius 3 is 2.91 bits per heavy atom. The van der Waals surface area contributed by atoms with Crippen LogP contribution in [-0.4, -0.2) is 24.9 Å². The van der Waals surface area contributed by atoms with Crippen LogP contribution in [0, 0.1) is 0 Å². The maximum Gasteiger partial charge on any atom is 0.252 e. The van der Waals surface area contributed by atoms with E-state index in [0.29, 0.717) is 18.5 Å². The van der Waals surface area contributed by atoms with Crippen LogP contribution in [0.4, 0.5) is 5.69 Å². The number of amides is 2. The summed E-state index contributed by atoms with van der Waals surface area (Å²) in [6.45, 7) is 1.13. The minimum atomic E-state index is -0.118. The standard InChI is InChI=1S/C17H18N2O2S/c20-16(7-9-18-17(21)14-8-11-22-12-14)19-10-3-5-13-4-1-2-6-15(13)19/h1-2,4,6,8,11-12H,3,5,7,9-10H2,(H,18,21). The van der Waals surface area contributed by atoms with Crippen molar-refractivity contribution in [2.24, 2.45) is 0 Å². The van der Waals surface area contributed by atoms with Gasteiger partial charge in [0.25, 0.3) is 5.91 Å². The molecule has 1 N–H and O–H groups in total. The Labute approximate surface area is 133 Å². The number of hydrogen-bond donors (Lipinski definition) is 1. The smallest absolute Gasteiger partial charge is 0.252 e. The first kappa shape index (κ1) is 14.8. The quantitative estimate of drug-likeness (QED) is 0.943. The zero-order chi connectivity index (χ0) is 15.4. The first-order chi connectivity index (χ1) is 10.8. The average molecular weight is 314 g/mol. The summed E-state index contributed by atoms with van der Waals surface area (Å²) in [7, 11) is 0. The molecule has 0 saturated heterocycles. The van der Waals surface area contributed by atoms with Gasteiger partial charge >= 0.3 is 0 Å². The minimum Gasteiger partial charge on any atom is -0.351 e. The number of thiophene rings is 1. The summed E-state index contributed by atoms with van der Waals surface area (Å²) in [5.74, 6) is -0.0501. The molecule has 1 aromatic heterocycles. The zero-order valence-electron chi connectivity index (χ0n) is 12.2. The maximum absolute atomic E-state index is 12.4. The molecule has 4 nitrogen and oxygen atoms in total.